The molecule has 1 aromatic rings. The van der Waals surface area contributed by atoms with Crippen molar-refractivity contribution in [2.45, 2.75) is 27.2 Å². The molecule has 1 atom stereocenters. The summed E-state index contributed by atoms with van der Waals surface area (Å²) >= 11 is 0. The van der Waals surface area contributed by atoms with Gasteiger partial charge in [0.2, 0.25) is 0 Å². The van der Waals surface area contributed by atoms with E-state index >= 15 is 0 Å². The fraction of sp³-hybridized carbons (Fsp3) is 0.467. The maximum absolute atomic E-state index is 12.1. The van der Waals surface area contributed by atoms with Crippen molar-refractivity contribution in [2.24, 2.45) is 5.92 Å². The summed E-state index contributed by atoms with van der Waals surface area (Å²) in [6, 6.07) is 6.83. The highest BCUT2D eigenvalue weighted by Crippen LogP contribution is 2.15. The molecule has 0 aliphatic carbocycles. The zero-order valence-corrected chi connectivity index (χ0v) is 12.2. The maximum Gasteiger partial charge on any atom is 0.323 e. The van der Waals surface area contributed by atoms with Crippen LogP contribution in [0.4, 0.5) is 10.5 Å². The molecule has 0 aliphatic rings. The smallest absolute Gasteiger partial charge is 0.323 e. The molecule has 0 aliphatic heterocycles. The second kappa shape index (κ2) is 7.53. The first-order valence-electron chi connectivity index (χ1n) is 6.77. The molecule has 20 heavy (non-hydrogen) atoms. The normalized spacial score (nSPS) is 11.8. The lowest BCUT2D eigenvalue weighted by molar-refractivity contribution is -0.135. The van der Waals surface area contributed by atoms with Crippen molar-refractivity contribution in [3.05, 3.63) is 29.8 Å². The average Bonchev–Trinajstić information content (AvgIpc) is 2.42. The lowest BCUT2D eigenvalue weighted by Gasteiger charge is -2.22. The molecule has 2 N–H and O–H groups in total. The van der Waals surface area contributed by atoms with Crippen LogP contribution in [0.5, 0.6) is 0 Å². The summed E-state index contributed by atoms with van der Waals surface area (Å²) in [7, 11) is 0. The summed E-state index contributed by atoms with van der Waals surface area (Å²) in [6.07, 6.45) is 0.962. The quantitative estimate of drug-likeness (QED) is 0.840. The predicted octanol–water partition coefficient (Wildman–Crippen LogP) is 2.64. The van der Waals surface area contributed by atoms with E-state index in [-0.39, 0.29) is 12.6 Å². The van der Waals surface area contributed by atoms with Gasteiger partial charge in [-0.2, -0.15) is 0 Å². The molecule has 110 valence electrons. The fourth-order valence-electron chi connectivity index (χ4n) is 1.64. The highest BCUT2D eigenvalue weighted by molar-refractivity contribution is 5.96. The minimum absolute atomic E-state index is 0.352. The van der Waals surface area contributed by atoms with Gasteiger partial charge in [-0.3, -0.25) is 9.69 Å². The Hall–Kier alpha value is -2.04. The third-order valence-corrected chi connectivity index (χ3v) is 3.18. The molecule has 1 rings (SSSR count). The number of aryl methyl sites for hydroxylation is 1. The van der Waals surface area contributed by atoms with Crippen LogP contribution in [0.15, 0.2) is 24.3 Å². The molecule has 0 heterocycles. The van der Waals surface area contributed by atoms with Crippen LogP contribution in [0.2, 0.25) is 0 Å². The van der Waals surface area contributed by atoms with E-state index in [1.54, 1.807) is 12.1 Å². The molecule has 0 spiro atoms. The number of rotatable bonds is 6. The van der Waals surface area contributed by atoms with E-state index in [0.29, 0.717) is 18.2 Å². The Bertz CT molecular complexity index is 457. The number of benzene rings is 1. The van der Waals surface area contributed by atoms with Gasteiger partial charge in [0.1, 0.15) is 6.54 Å². The molecule has 0 bridgehead atoms. The van der Waals surface area contributed by atoms with Gasteiger partial charge in [0.15, 0.2) is 0 Å². The van der Waals surface area contributed by atoms with Crippen molar-refractivity contribution in [2.75, 3.05) is 18.0 Å². The Morgan fingerprint density at radius 3 is 2.40 bits per heavy atom. The zero-order chi connectivity index (χ0) is 15.1. The molecule has 2 amide bonds. The Balaban J connectivity index is 2.80. The van der Waals surface area contributed by atoms with E-state index in [9.17, 15) is 9.59 Å². The number of nitrogens with one attached hydrogen (secondary N) is 1. The van der Waals surface area contributed by atoms with E-state index in [4.69, 9.17) is 5.11 Å². The fourth-order valence-corrected chi connectivity index (χ4v) is 1.64. The van der Waals surface area contributed by atoms with E-state index in [0.717, 1.165) is 12.0 Å². The third kappa shape index (κ3) is 4.91. The first-order valence-corrected chi connectivity index (χ1v) is 6.77. The number of amides is 2. The van der Waals surface area contributed by atoms with Crippen LogP contribution >= 0.6 is 0 Å². The number of nitrogens with zero attached hydrogens (tertiary/aromatic N) is 1. The van der Waals surface area contributed by atoms with Crippen LogP contribution < -0.4 is 10.2 Å². The number of carboxylic acids is 1. The SMILES string of the molecule is CCC(C)CNC(=O)N(CC(=O)O)c1ccc(C)cc1. The van der Waals surface area contributed by atoms with Crippen LogP contribution in [-0.2, 0) is 4.79 Å². The Morgan fingerprint density at radius 2 is 1.90 bits per heavy atom. The molecular weight excluding hydrogens is 256 g/mol. The highest BCUT2D eigenvalue weighted by Gasteiger charge is 2.18. The van der Waals surface area contributed by atoms with Gasteiger partial charge in [0.05, 0.1) is 0 Å². The number of aliphatic carboxylic acids is 1. The molecular formula is C15H22N2O3. The Kier molecular flexibility index (Phi) is 6.03. The van der Waals surface area contributed by atoms with E-state index in [2.05, 4.69) is 5.32 Å². The van der Waals surface area contributed by atoms with Crippen molar-refractivity contribution < 1.29 is 14.7 Å². The predicted molar refractivity (Wildman–Crippen MR) is 79.0 cm³/mol. The molecule has 5 heteroatoms. The first-order chi connectivity index (χ1) is 9.43. The van der Waals surface area contributed by atoms with Gasteiger partial charge < -0.3 is 10.4 Å². The molecule has 0 fully saturated rings. The summed E-state index contributed by atoms with van der Waals surface area (Å²) in [5.41, 5.74) is 1.64. The lowest BCUT2D eigenvalue weighted by Crippen LogP contribution is -2.44. The van der Waals surface area contributed by atoms with Gasteiger partial charge in [-0.15, -0.1) is 0 Å². The summed E-state index contributed by atoms with van der Waals surface area (Å²) in [6.45, 7) is 6.21. The van der Waals surface area contributed by atoms with Crippen molar-refractivity contribution >= 4 is 17.7 Å². The summed E-state index contributed by atoms with van der Waals surface area (Å²) in [5, 5.41) is 11.7. The standard InChI is InChI=1S/C15H22N2O3/c1-4-11(2)9-16-15(20)17(10-14(18)19)13-7-5-12(3)6-8-13/h5-8,11H,4,9-10H2,1-3H3,(H,16,20)(H,18,19). The Morgan fingerprint density at radius 1 is 1.30 bits per heavy atom. The second-order valence-corrected chi connectivity index (χ2v) is 5.01. The number of hydrogen-bond acceptors (Lipinski definition) is 2. The van der Waals surface area contributed by atoms with Crippen molar-refractivity contribution in [3.8, 4) is 0 Å². The van der Waals surface area contributed by atoms with E-state index in [1.807, 2.05) is 32.9 Å². The van der Waals surface area contributed by atoms with Gasteiger partial charge >= 0.3 is 12.0 Å². The molecule has 0 aromatic heterocycles. The summed E-state index contributed by atoms with van der Waals surface area (Å²) in [5.74, 6) is -0.673. The molecule has 1 aromatic carbocycles. The summed E-state index contributed by atoms with van der Waals surface area (Å²) < 4.78 is 0. The van der Waals surface area contributed by atoms with Gasteiger partial charge in [-0.25, -0.2) is 4.79 Å². The topological polar surface area (TPSA) is 69.6 Å². The second-order valence-electron chi connectivity index (χ2n) is 5.01. The van der Waals surface area contributed by atoms with Crippen molar-refractivity contribution in [3.63, 3.8) is 0 Å². The molecule has 0 saturated heterocycles. The highest BCUT2D eigenvalue weighted by atomic mass is 16.4. The maximum atomic E-state index is 12.1. The van der Waals surface area contributed by atoms with Gasteiger partial charge in [0.25, 0.3) is 0 Å². The van der Waals surface area contributed by atoms with Crippen LogP contribution in [0.3, 0.4) is 0 Å². The van der Waals surface area contributed by atoms with Crippen LogP contribution in [0, 0.1) is 12.8 Å². The van der Waals surface area contributed by atoms with Crippen molar-refractivity contribution in [1.29, 1.82) is 0 Å². The monoisotopic (exact) mass is 278 g/mol. The van der Waals surface area contributed by atoms with E-state index < -0.39 is 5.97 Å². The summed E-state index contributed by atoms with van der Waals surface area (Å²) in [4.78, 5) is 24.3. The van der Waals surface area contributed by atoms with Gasteiger partial charge in [0, 0.05) is 12.2 Å². The average molecular weight is 278 g/mol. The number of urea groups is 1. The third-order valence-electron chi connectivity index (χ3n) is 3.18. The number of anilines is 1. The number of carbonyl (C=O) groups is 2. The largest absolute Gasteiger partial charge is 0.480 e. The van der Waals surface area contributed by atoms with E-state index in [1.165, 1.54) is 4.90 Å². The van der Waals surface area contributed by atoms with Gasteiger partial charge in [-0.05, 0) is 25.0 Å². The van der Waals surface area contributed by atoms with Crippen LogP contribution in [0.1, 0.15) is 25.8 Å². The molecule has 5 nitrogen and oxygen atoms in total. The minimum Gasteiger partial charge on any atom is -0.480 e. The lowest BCUT2D eigenvalue weighted by atomic mass is 10.1. The molecule has 0 radical (unpaired) electrons. The number of carbonyl (C=O) groups excluding carboxylic acids is 1. The minimum atomic E-state index is -1.04. The van der Waals surface area contributed by atoms with Crippen LogP contribution in [0.25, 0.3) is 0 Å². The zero-order valence-electron chi connectivity index (χ0n) is 12.2. The Labute approximate surface area is 119 Å². The number of hydrogen-bond donors (Lipinski definition) is 2. The van der Waals surface area contributed by atoms with Gasteiger partial charge in [-0.1, -0.05) is 38.0 Å². The van der Waals surface area contributed by atoms with Crippen LogP contribution in [-0.4, -0.2) is 30.2 Å². The number of carboxylic acid groups (broad SMARTS) is 1. The van der Waals surface area contributed by atoms with Crippen molar-refractivity contribution in [1.82, 2.24) is 5.32 Å². The first kappa shape index (κ1) is 16.0. The molecule has 1 unspecified atom stereocenters. The molecule has 0 saturated carbocycles.